The van der Waals surface area contributed by atoms with Gasteiger partial charge in [0.25, 0.3) is 0 Å². The van der Waals surface area contributed by atoms with Crippen molar-refractivity contribution in [2.24, 2.45) is 5.92 Å². The van der Waals surface area contributed by atoms with Gasteiger partial charge in [-0.15, -0.1) is 0 Å². The number of halogens is 1. The predicted molar refractivity (Wildman–Crippen MR) is 101 cm³/mol. The number of carbonyl (C=O) groups is 2. The monoisotopic (exact) mass is 371 g/mol. The Kier molecular flexibility index (Phi) is 5.90. The number of anilines is 2. The maximum atomic E-state index is 13.0. The van der Waals surface area contributed by atoms with Crippen LogP contribution in [0.1, 0.15) is 12.8 Å². The van der Waals surface area contributed by atoms with Crippen molar-refractivity contribution in [1.29, 1.82) is 0 Å². The van der Waals surface area contributed by atoms with Crippen molar-refractivity contribution in [2.75, 3.05) is 30.8 Å². The van der Waals surface area contributed by atoms with Crippen LogP contribution >= 0.6 is 0 Å². The van der Waals surface area contributed by atoms with E-state index in [2.05, 4.69) is 10.6 Å². The summed E-state index contributed by atoms with van der Waals surface area (Å²) in [5.74, 6) is -0.107. The van der Waals surface area contributed by atoms with Crippen LogP contribution < -0.4 is 15.4 Å². The molecule has 1 fully saturated rings. The van der Waals surface area contributed by atoms with E-state index in [1.807, 2.05) is 0 Å². The number of likely N-dealkylation sites (tertiary alicyclic amines) is 1. The third kappa shape index (κ3) is 4.97. The number of hydrogen-bond acceptors (Lipinski definition) is 3. The summed E-state index contributed by atoms with van der Waals surface area (Å²) in [6.45, 7) is 0.942. The topological polar surface area (TPSA) is 70.7 Å². The molecular formula is C20H22FN3O3. The average molecular weight is 371 g/mol. The molecule has 142 valence electrons. The van der Waals surface area contributed by atoms with Crippen LogP contribution in [0.2, 0.25) is 0 Å². The number of nitrogens with one attached hydrogen (secondary N) is 2. The summed E-state index contributed by atoms with van der Waals surface area (Å²) < 4.78 is 18.1. The van der Waals surface area contributed by atoms with Gasteiger partial charge < -0.3 is 20.3 Å². The Morgan fingerprint density at radius 3 is 2.33 bits per heavy atom. The van der Waals surface area contributed by atoms with Crippen molar-refractivity contribution in [2.45, 2.75) is 12.8 Å². The van der Waals surface area contributed by atoms with E-state index in [0.29, 0.717) is 36.6 Å². The number of rotatable bonds is 4. The largest absolute Gasteiger partial charge is 0.497 e. The molecule has 1 heterocycles. The first kappa shape index (κ1) is 18.7. The molecule has 0 saturated carbocycles. The second kappa shape index (κ2) is 8.53. The third-order valence-corrected chi connectivity index (χ3v) is 4.53. The molecule has 3 amide bonds. The summed E-state index contributed by atoms with van der Waals surface area (Å²) in [6.07, 6.45) is 1.46. The highest BCUT2D eigenvalue weighted by Crippen LogP contribution is 2.21. The molecular weight excluding hydrogens is 349 g/mol. The van der Waals surface area contributed by atoms with Crippen molar-refractivity contribution in [3.8, 4) is 5.75 Å². The molecule has 0 aromatic heterocycles. The molecule has 0 radical (unpaired) electrons. The maximum Gasteiger partial charge on any atom is 0.321 e. The standard InChI is InChI=1S/C20H22FN3O3/c1-27-18-10-8-17(9-11-18)23-20(26)24-12-2-3-14(13-24)19(25)22-16-6-4-15(21)5-7-16/h4-11,14H,2-3,12-13H2,1H3,(H,22,25)(H,23,26)/t14-/m0/s1. The second-order valence-electron chi connectivity index (χ2n) is 6.44. The van der Waals surface area contributed by atoms with Crippen LogP contribution in [0, 0.1) is 11.7 Å². The first-order chi connectivity index (χ1) is 13.0. The summed E-state index contributed by atoms with van der Waals surface area (Å²) in [5.41, 5.74) is 1.21. The van der Waals surface area contributed by atoms with Gasteiger partial charge in [0.05, 0.1) is 13.0 Å². The Bertz CT molecular complexity index is 793. The van der Waals surface area contributed by atoms with Gasteiger partial charge in [0.15, 0.2) is 0 Å². The van der Waals surface area contributed by atoms with E-state index >= 15 is 0 Å². The molecule has 2 aromatic carbocycles. The molecule has 1 saturated heterocycles. The Morgan fingerprint density at radius 1 is 1.04 bits per heavy atom. The molecule has 0 bridgehead atoms. The third-order valence-electron chi connectivity index (χ3n) is 4.53. The predicted octanol–water partition coefficient (Wildman–Crippen LogP) is 3.72. The first-order valence-corrected chi connectivity index (χ1v) is 8.81. The average Bonchev–Trinajstić information content (AvgIpc) is 2.70. The number of urea groups is 1. The van der Waals surface area contributed by atoms with E-state index in [4.69, 9.17) is 4.74 Å². The molecule has 1 atom stereocenters. The normalized spacial score (nSPS) is 16.5. The zero-order valence-corrected chi connectivity index (χ0v) is 15.1. The van der Waals surface area contributed by atoms with E-state index in [1.54, 1.807) is 36.3 Å². The van der Waals surface area contributed by atoms with Gasteiger partial charge in [-0.2, -0.15) is 0 Å². The number of amides is 3. The molecule has 7 heteroatoms. The molecule has 1 aliphatic rings. The fourth-order valence-electron chi connectivity index (χ4n) is 3.03. The Hall–Kier alpha value is -3.09. The van der Waals surface area contributed by atoms with Gasteiger partial charge in [-0.1, -0.05) is 0 Å². The minimum atomic E-state index is -0.355. The lowest BCUT2D eigenvalue weighted by Gasteiger charge is -2.32. The summed E-state index contributed by atoms with van der Waals surface area (Å²) in [5, 5.41) is 5.62. The van der Waals surface area contributed by atoms with Crippen LogP contribution in [-0.2, 0) is 4.79 Å². The smallest absolute Gasteiger partial charge is 0.321 e. The first-order valence-electron chi connectivity index (χ1n) is 8.81. The van der Waals surface area contributed by atoms with E-state index < -0.39 is 0 Å². The van der Waals surface area contributed by atoms with E-state index in [0.717, 1.165) is 6.42 Å². The van der Waals surface area contributed by atoms with Crippen LogP contribution in [0.5, 0.6) is 5.75 Å². The molecule has 3 rings (SSSR count). The summed E-state index contributed by atoms with van der Waals surface area (Å²) >= 11 is 0. The molecule has 27 heavy (non-hydrogen) atoms. The number of methoxy groups -OCH3 is 1. The fourth-order valence-corrected chi connectivity index (χ4v) is 3.03. The number of hydrogen-bond donors (Lipinski definition) is 2. The highest BCUT2D eigenvalue weighted by atomic mass is 19.1. The van der Waals surface area contributed by atoms with Gasteiger partial charge in [-0.25, -0.2) is 9.18 Å². The maximum absolute atomic E-state index is 13.0. The molecule has 1 aliphatic heterocycles. The number of benzene rings is 2. The van der Waals surface area contributed by atoms with E-state index in [-0.39, 0.29) is 23.7 Å². The van der Waals surface area contributed by atoms with Gasteiger partial charge in [-0.05, 0) is 61.4 Å². The summed E-state index contributed by atoms with van der Waals surface area (Å²) in [7, 11) is 1.58. The van der Waals surface area contributed by atoms with Crippen molar-refractivity contribution in [3.05, 3.63) is 54.3 Å². The minimum Gasteiger partial charge on any atom is -0.497 e. The van der Waals surface area contributed by atoms with Gasteiger partial charge >= 0.3 is 6.03 Å². The van der Waals surface area contributed by atoms with Crippen molar-refractivity contribution in [1.82, 2.24) is 4.90 Å². The number of nitrogens with zero attached hydrogens (tertiary/aromatic N) is 1. The molecule has 6 nitrogen and oxygen atoms in total. The van der Waals surface area contributed by atoms with Crippen LogP contribution in [0.15, 0.2) is 48.5 Å². The zero-order valence-electron chi connectivity index (χ0n) is 15.1. The molecule has 0 unspecified atom stereocenters. The van der Waals surface area contributed by atoms with Crippen LogP contribution in [0.4, 0.5) is 20.6 Å². The molecule has 2 aromatic rings. The lowest BCUT2D eigenvalue weighted by atomic mass is 9.97. The van der Waals surface area contributed by atoms with Gasteiger partial charge in [0.1, 0.15) is 11.6 Å². The Balaban J connectivity index is 1.56. The molecule has 0 spiro atoms. The SMILES string of the molecule is COc1ccc(NC(=O)N2CCC[C@H](C(=O)Nc3ccc(F)cc3)C2)cc1. The minimum absolute atomic E-state index is 0.163. The van der Waals surface area contributed by atoms with Crippen molar-refractivity contribution < 1.29 is 18.7 Å². The number of ether oxygens (including phenoxy) is 1. The van der Waals surface area contributed by atoms with Gasteiger partial charge in [-0.3, -0.25) is 4.79 Å². The van der Waals surface area contributed by atoms with Gasteiger partial charge in [0.2, 0.25) is 5.91 Å². The Morgan fingerprint density at radius 2 is 1.67 bits per heavy atom. The van der Waals surface area contributed by atoms with Crippen molar-refractivity contribution >= 4 is 23.3 Å². The van der Waals surface area contributed by atoms with E-state index in [9.17, 15) is 14.0 Å². The number of carbonyl (C=O) groups excluding carboxylic acids is 2. The van der Waals surface area contributed by atoms with E-state index in [1.165, 1.54) is 24.3 Å². The lowest BCUT2D eigenvalue weighted by molar-refractivity contribution is -0.121. The zero-order chi connectivity index (χ0) is 19.2. The fraction of sp³-hybridized carbons (Fsp3) is 0.300. The van der Waals surface area contributed by atoms with Gasteiger partial charge in [0, 0.05) is 24.5 Å². The van der Waals surface area contributed by atoms with Crippen LogP contribution in [0.3, 0.4) is 0 Å². The van der Waals surface area contributed by atoms with Crippen LogP contribution in [-0.4, -0.2) is 37.0 Å². The second-order valence-corrected chi connectivity index (χ2v) is 6.44. The number of piperidine rings is 1. The highest BCUT2D eigenvalue weighted by Gasteiger charge is 2.28. The Labute approximate surface area is 157 Å². The summed E-state index contributed by atoms with van der Waals surface area (Å²) in [6, 6.07) is 12.5. The lowest BCUT2D eigenvalue weighted by Crippen LogP contribution is -2.45. The molecule has 0 aliphatic carbocycles. The quantitative estimate of drug-likeness (QED) is 0.861. The highest BCUT2D eigenvalue weighted by molar-refractivity contribution is 5.94. The molecule has 2 N–H and O–H groups in total. The van der Waals surface area contributed by atoms with Crippen molar-refractivity contribution in [3.63, 3.8) is 0 Å². The van der Waals surface area contributed by atoms with Crippen LogP contribution in [0.25, 0.3) is 0 Å². The summed E-state index contributed by atoms with van der Waals surface area (Å²) in [4.78, 5) is 26.6.